The Balaban J connectivity index is 1.39. The summed E-state index contributed by atoms with van der Waals surface area (Å²) in [6.45, 7) is 4.22. The van der Waals surface area contributed by atoms with Gasteiger partial charge < -0.3 is 15.4 Å². The Morgan fingerprint density at radius 3 is 2.37 bits per heavy atom. The van der Waals surface area contributed by atoms with Gasteiger partial charge in [-0.05, 0) is 63.3 Å². The zero-order valence-electron chi connectivity index (χ0n) is 15.7. The zero-order valence-corrected chi connectivity index (χ0v) is 15.7. The van der Waals surface area contributed by atoms with E-state index >= 15 is 0 Å². The molecule has 1 aliphatic carbocycles. The van der Waals surface area contributed by atoms with Gasteiger partial charge in [0.25, 0.3) is 0 Å². The van der Waals surface area contributed by atoms with Crippen LogP contribution in [-0.4, -0.2) is 28.1 Å². The standard InChI is InChI=1S/C20H25FN4O2/c1-13-11-14(2)24-20(23-13)27-18-9-7-17(8-10-18)25-19(26)22-12-15-3-5-16(21)6-4-15/h3-6,11,17-18H,7-10,12H2,1-2H3,(H2,22,25,26). The summed E-state index contributed by atoms with van der Waals surface area (Å²) in [6.07, 6.45) is 3.46. The summed E-state index contributed by atoms with van der Waals surface area (Å²) >= 11 is 0. The highest BCUT2D eigenvalue weighted by Crippen LogP contribution is 2.22. The third-order valence-electron chi connectivity index (χ3n) is 4.61. The predicted molar refractivity (Wildman–Crippen MR) is 99.9 cm³/mol. The van der Waals surface area contributed by atoms with Crippen LogP contribution >= 0.6 is 0 Å². The number of amides is 2. The van der Waals surface area contributed by atoms with Gasteiger partial charge in [-0.3, -0.25) is 0 Å². The summed E-state index contributed by atoms with van der Waals surface area (Å²) < 4.78 is 18.8. The summed E-state index contributed by atoms with van der Waals surface area (Å²) in [5.74, 6) is -0.284. The molecule has 1 heterocycles. The number of hydrogen-bond acceptors (Lipinski definition) is 4. The maximum absolute atomic E-state index is 12.9. The van der Waals surface area contributed by atoms with Crippen molar-refractivity contribution >= 4 is 6.03 Å². The van der Waals surface area contributed by atoms with Crippen LogP contribution in [0.4, 0.5) is 9.18 Å². The second kappa shape index (κ2) is 8.79. The van der Waals surface area contributed by atoms with Crippen LogP contribution in [0.1, 0.15) is 42.6 Å². The normalized spacial score (nSPS) is 19.4. The molecule has 1 aliphatic rings. The van der Waals surface area contributed by atoms with Crippen LogP contribution in [-0.2, 0) is 6.54 Å². The summed E-state index contributed by atoms with van der Waals surface area (Å²) in [4.78, 5) is 20.7. The van der Waals surface area contributed by atoms with Gasteiger partial charge in [-0.25, -0.2) is 19.2 Å². The molecule has 0 atom stereocenters. The number of aryl methyl sites for hydroxylation is 2. The van der Waals surface area contributed by atoms with Gasteiger partial charge in [0.2, 0.25) is 0 Å². The van der Waals surface area contributed by atoms with E-state index in [4.69, 9.17) is 4.74 Å². The molecule has 0 bridgehead atoms. The van der Waals surface area contributed by atoms with Crippen molar-refractivity contribution in [1.82, 2.24) is 20.6 Å². The number of carbonyl (C=O) groups excluding carboxylic acids is 1. The fourth-order valence-electron chi connectivity index (χ4n) is 3.24. The van der Waals surface area contributed by atoms with E-state index in [1.165, 1.54) is 12.1 Å². The summed E-state index contributed by atoms with van der Waals surface area (Å²) in [7, 11) is 0. The Hall–Kier alpha value is -2.70. The Bertz CT molecular complexity index is 754. The molecule has 0 radical (unpaired) electrons. The van der Waals surface area contributed by atoms with Crippen molar-refractivity contribution in [3.63, 3.8) is 0 Å². The minimum absolute atomic E-state index is 0.0755. The number of urea groups is 1. The van der Waals surface area contributed by atoms with Crippen LogP contribution in [0, 0.1) is 19.7 Å². The van der Waals surface area contributed by atoms with Crippen LogP contribution in [0.2, 0.25) is 0 Å². The summed E-state index contributed by atoms with van der Waals surface area (Å²) in [5.41, 5.74) is 2.65. The summed E-state index contributed by atoms with van der Waals surface area (Å²) in [5, 5.41) is 5.80. The lowest BCUT2D eigenvalue weighted by atomic mass is 9.93. The quantitative estimate of drug-likeness (QED) is 0.843. The van der Waals surface area contributed by atoms with E-state index in [0.29, 0.717) is 12.6 Å². The zero-order chi connectivity index (χ0) is 19.2. The molecule has 1 aromatic carbocycles. The highest BCUT2D eigenvalue weighted by molar-refractivity contribution is 5.74. The fourth-order valence-corrected chi connectivity index (χ4v) is 3.24. The first-order valence-electron chi connectivity index (χ1n) is 9.25. The van der Waals surface area contributed by atoms with Crippen molar-refractivity contribution in [1.29, 1.82) is 0 Å². The van der Waals surface area contributed by atoms with Crippen molar-refractivity contribution in [2.75, 3.05) is 0 Å². The fraction of sp³-hybridized carbons (Fsp3) is 0.450. The van der Waals surface area contributed by atoms with Gasteiger partial charge in [-0.2, -0.15) is 0 Å². The first-order chi connectivity index (χ1) is 13.0. The van der Waals surface area contributed by atoms with Crippen LogP contribution in [0.3, 0.4) is 0 Å². The number of hydrogen-bond donors (Lipinski definition) is 2. The molecule has 6 nitrogen and oxygen atoms in total. The highest BCUT2D eigenvalue weighted by Gasteiger charge is 2.24. The minimum Gasteiger partial charge on any atom is -0.460 e. The van der Waals surface area contributed by atoms with Gasteiger partial charge >= 0.3 is 12.0 Å². The topological polar surface area (TPSA) is 76.1 Å². The molecule has 1 fully saturated rings. The van der Waals surface area contributed by atoms with E-state index in [0.717, 1.165) is 42.6 Å². The van der Waals surface area contributed by atoms with Crippen LogP contribution in [0.25, 0.3) is 0 Å². The SMILES string of the molecule is Cc1cc(C)nc(OC2CCC(NC(=O)NCc3ccc(F)cc3)CC2)n1. The largest absolute Gasteiger partial charge is 0.460 e. The van der Waals surface area contributed by atoms with E-state index in [9.17, 15) is 9.18 Å². The number of benzene rings is 1. The molecule has 2 N–H and O–H groups in total. The molecule has 1 saturated carbocycles. The van der Waals surface area contributed by atoms with Crippen molar-refractivity contribution in [2.45, 2.75) is 58.2 Å². The second-order valence-electron chi connectivity index (χ2n) is 6.98. The van der Waals surface area contributed by atoms with Gasteiger partial charge in [-0.15, -0.1) is 0 Å². The lowest BCUT2D eigenvalue weighted by molar-refractivity contribution is 0.128. The molecule has 7 heteroatoms. The van der Waals surface area contributed by atoms with Gasteiger partial charge in [0.05, 0.1) is 0 Å². The van der Waals surface area contributed by atoms with E-state index in [2.05, 4.69) is 20.6 Å². The number of ether oxygens (including phenoxy) is 1. The van der Waals surface area contributed by atoms with Crippen molar-refractivity contribution < 1.29 is 13.9 Å². The van der Waals surface area contributed by atoms with Gasteiger partial charge in [0.15, 0.2) is 0 Å². The minimum atomic E-state index is -0.284. The van der Waals surface area contributed by atoms with Gasteiger partial charge in [0.1, 0.15) is 11.9 Å². The Morgan fingerprint density at radius 1 is 1.11 bits per heavy atom. The van der Waals surface area contributed by atoms with Crippen molar-refractivity contribution in [2.24, 2.45) is 0 Å². The average Bonchev–Trinajstić information content (AvgIpc) is 2.62. The molecule has 0 saturated heterocycles. The van der Waals surface area contributed by atoms with Crippen molar-refractivity contribution in [3.8, 4) is 6.01 Å². The number of nitrogens with zero attached hydrogens (tertiary/aromatic N) is 2. The number of nitrogens with one attached hydrogen (secondary N) is 2. The number of carbonyl (C=O) groups is 1. The number of rotatable bonds is 5. The number of aromatic nitrogens is 2. The number of halogens is 1. The first kappa shape index (κ1) is 19.1. The summed E-state index contributed by atoms with van der Waals surface area (Å²) in [6, 6.07) is 8.35. The van der Waals surface area contributed by atoms with Crippen LogP contribution in [0.15, 0.2) is 30.3 Å². The molecule has 144 valence electrons. The first-order valence-corrected chi connectivity index (χ1v) is 9.25. The smallest absolute Gasteiger partial charge is 0.317 e. The molecule has 1 aromatic heterocycles. The van der Waals surface area contributed by atoms with E-state index < -0.39 is 0 Å². The van der Waals surface area contributed by atoms with Gasteiger partial charge in [0, 0.05) is 24.0 Å². The molecule has 27 heavy (non-hydrogen) atoms. The predicted octanol–water partition coefficient (Wildman–Crippen LogP) is 3.42. The third kappa shape index (κ3) is 5.91. The average molecular weight is 372 g/mol. The second-order valence-corrected chi connectivity index (χ2v) is 6.98. The highest BCUT2D eigenvalue weighted by atomic mass is 19.1. The van der Waals surface area contributed by atoms with E-state index in [1.54, 1.807) is 12.1 Å². The van der Waals surface area contributed by atoms with E-state index in [1.807, 2.05) is 19.9 Å². The lowest BCUT2D eigenvalue weighted by Crippen LogP contribution is -2.44. The Labute approximate surface area is 158 Å². The molecule has 2 aromatic rings. The van der Waals surface area contributed by atoms with Crippen LogP contribution < -0.4 is 15.4 Å². The van der Waals surface area contributed by atoms with Crippen LogP contribution in [0.5, 0.6) is 6.01 Å². The molecular weight excluding hydrogens is 347 g/mol. The molecular formula is C20H25FN4O2. The third-order valence-corrected chi connectivity index (χ3v) is 4.61. The maximum Gasteiger partial charge on any atom is 0.317 e. The molecule has 2 amide bonds. The Kier molecular flexibility index (Phi) is 6.21. The maximum atomic E-state index is 12.9. The molecule has 0 spiro atoms. The lowest BCUT2D eigenvalue weighted by Gasteiger charge is -2.29. The van der Waals surface area contributed by atoms with Gasteiger partial charge in [-0.1, -0.05) is 12.1 Å². The Morgan fingerprint density at radius 2 is 1.74 bits per heavy atom. The van der Waals surface area contributed by atoms with Crippen molar-refractivity contribution in [3.05, 3.63) is 53.1 Å². The molecule has 0 unspecified atom stereocenters. The monoisotopic (exact) mass is 372 g/mol. The molecule has 0 aliphatic heterocycles. The molecule has 3 rings (SSSR count). The van der Waals surface area contributed by atoms with E-state index in [-0.39, 0.29) is 24.0 Å².